The summed E-state index contributed by atoms with van der Waals surface area (Å²) in [6, 6.07) is 7.59. The van der Waals surface area contributed by atoms with Crippen molar-refractivity contribution in [1.29, 1.82) is 0 Å². The molecule has 2 rings (SSSR count). The van der Waals surface area contributed by atoms with Gasteiger partial charge in [0.2, 0.25) is 0 Å². The average Bonchev–Trinajstić information content (AvgIpc) is 2.83. The van der Waals surface area contributed by atoms with Crippen LogP contribution in [-0.2, 0) is 6.42 Å². The number of carboxylic acid groups (broad SMARTS) is 1. The van der Waals surface area contributed by atoms with Crippen LogP contribution in [0.2, 0.25) is 0 Å². The molecule has 0 aliphatic carbocycles. The SMILES string of the molecule is CCOc1ccccc1-c1nc(CC(C)C)c(C(=O)O)s1. The number of benzene rings is 1. The molecule has 1 aromatic carbocycles. The van der Waals surface area contributed by atoms with Crippen molar-refractivity contribution in [2.75, 3.05) is 6.61 Å². The van der Waals surface area contributed by atoms with Gasteiger partial charge in [0.05, 0.1) is 17.9 Å². The predicted octanol–water partition coefficient (Wildman–Crippen LogP) is 4.11. The van der Waals surface area contributed by atoms with Crippen molar-refractivity contribution in [2.24, 2.45) is 5.92 Å². The standard InChI is InChI=1S/C16H19NO3S/c1-4-20-13-8-6-5-7-11(13)15-17-12(9-10(2)3)14(21-15)16(18)19/h5-8,10H,4,9H2,1-3H3,(H,18,19). The van der Waals surface area contributed by atoms with Gasteiger partial charge in [0.15, 0.2) is 0 Å². The summed E-state index contributed by atoms with van der Waals surface area (Å²) >= 11 is 1.21. The van der Waals surface area contributed by atoms with E-state index in [2.05, 4.69) is 18.8 Å². The number of carbonyl (C=O) groups is 1. The molecule has 0 saturated carbocycles. The van der Waals surface area contributed by atoms with Crippen LogP contribution >= 0.6 is 11.3 Å². The molecule has 1 aromatic heterocycles. The number of thiazole rings is 1. The van der Waals surface area contributed by atoms with E-state index in [-0.39, 0.29) is 0 Å². The van der Waals surface area contributed by atoms with E-state index in [1.807, 2.05) is 31.2 Å². The smallest absolute Gasteiger partial charge is 0.347 e. The van der Waals surface area contributed by atoms with Gasteiger partial charge >= 0.3 is 5.97 Å². The van der Waals surface area contributed by atoms with Gasteiger partial charge in [-0.15, -0.1) is 11.3 Å². The molecule has 0 unspecified atom stereocenters. The molecule has 0 atom stereocenters. The molecule has 0 aliphatic rings. The fourth-order valence-electron chi connectivity index (χ4n) is 2.08. The zero-order valence-corrected chi connectivity index (χ0v) is 13.2. The zero-order chi connectivity index (χ0) is 15.4. The number of hydrogen-bond acceptors (Lipinski definition) is 4. The molecule has 0 bridgehead atoms. The normalized spacial score (nSPS) is 10.9. The Balaban J connectivity index is 2.47. The summed E-state index contributed by atoms with van der Waals surface area (Å²) in [5, 5.41) is 10.1. The summed E-state index contributed by atoms with van der Waals surface area (Å²) in [5.74, 6) is 0.185. The van der Waals surface area contributed by atoms with Gasteiger partial charge in [-0.25, -0.2) is 9.78 Å². The summed E-state index contributed by atoms with van der Waals surface area (Å²) in [5.41, 5.74) is 1.51. The van der Waals surface area contributed by atoms with Gasteiger partial charge in [-0.1, -0.05) is 26.0 Å². The lowest BCUT2D eigenvalue weighted by Crippen LogP contribution is -2.02. The molecule has 4 nitrogen and oxygen atoms in total. The lowest BCUT2D eigenvalue weighted by Gasteiger charge is -2.07. The minimum absolute atomic E-state index is 0.324. The Morgan fingerprint density at radius 1 is 1.38 bits per heavy atom. The molecule has 1 heterocycles. The number of carboxylic acids is 1. The summed E-state index contributed by atoms with van der Waals surface area (Å²) in [7, 11) is 0. The first kappa shape index (κ1) is 15.5. The van der Waals surface area contributed by atoms with Gasteiger partial charge in [0.25, 0.3) is 0 Å². The van der Waals surface area contributed by atoms with Crippen molar-refractivity contribution in [3.05, 3.63) is 34.8 Å². The van der Waals surface area contributed by atoms with Crippen molar-refractivity contribution < 1.29 is 14.6 Å². The lowest BCUT2D eigenvalue weighted by atomic mass is 10.1. The van der Waals surface area contributed by atoms with Crippen LogP contribution in [0.3, 0.4) is 0 Å². The van der Waals surface area contributed by atoms with E-state index in [4.69, 9.17) is 4.74 Å². The summed E-state index contributed by atoms with van der Waals surface area (Å²) in [6.45, 7) is 6.59. The highest BCUT2D eigenvalue weighted by atomic mass is 32.1. The second-order valence-electron chi connectivity index (χ2n) is 5.13. The maximum absolute atomic E-state index is 11.4. The molecule has 21 heavy (non-hydrogen) atoms. The highest BCUT2D eigenvalue weighted by Gasteiger charge is 2.20. The van der Waals surface area contributed by atoms with E-state index in [9.17, 15) is 9.90 Å². The van der Waals surface area contributed by atoms with Crippen molar-refractivity contribution in [1.82, 2.24) is 4.98 Å². The average molecular weight is 305 g/mol. The minimum atomic E-state index is -0.914. The molecule has 2 aromatic rings. The van der Waals surface area contributed by atoms with Crippen molar-refractivity contribution >= 4 is 17.3 Å². The summed E-state index contributed by atoms with van der Waals surface area (Å²) < 4.78 is 5.60. The number of nitrogens with zero attached hydrogens (tertiary/aromatic N) is 1. The van der Waals surface area contributed by atoms with Gasteiger partial charge < -0.3 is 9.84 Å². The minimum Gasteiger partial charge on any atom is -0.493 e. The van der Waals surface area contributed by atoms with E-state index >= 15 is 0 Å². The van der Waals surface area contributed by atoms with Crippen LogP contribution in [0.15, 0.2) is 24.3 Å². The van der Waals surface area contributed by atoms with Crippen LogP contribution in [0.4, 0.5) is 0 Å². The Labute approximate surface area is 128 Å². The Hall–Kier alpha value is -1.88. The second-order valence-corrected chi connectivity index (χ2v) is 6.13. The van der Waals surface area contributed by atoms with Crippen LogP contribution in [-0.4, -0.2) is 22.7 Å². The summed E-state index contributed by atoms with van der Waals surface area (Å²) in [6.07, 6.45) is 0.662. The monoisotopic (exact) mass is 305 g/mol. The van der Waals surface area contributed by atoms with Crippen molar-refractivity contribution in [2.45, 2.75) is 27.2 Å². The third-order valence-corrected chi connectivity index (χ3v) is 4.03. The van der Waals surface area contributed by atoms with E-state index < -0.39 is 5.97 Å². The third kappa shape index (κ3) is 3.61. The van der Waals surface area contributed by atoms with Crippen LogP contribution in [0, 0.1) is 5.92 Å². The first-order valence-electron chi connectivity index (χ1n) is 6.98. The number of hydrogen-bond donors (Lipinski definition) is 1. The molecular weight excluding hydrogens is 286 g/mol. The largest absolute Gasteiger partial charge is 0.493 e. The van der Waals surface area contributed by atoms with Crippen LogP contribution < -0.4 is 4.74 Å². The molecule has 0 saturated heterocycles. The number of aromatic nitrogens is 1. The van der Waals surface area contributed by atoms with Gasteiger partial charge in [-0.2, -0.15) is 0 Å². The zero-order valence-electron chi connectivity index (χ0n) is 12.4. The van der Waals surface area contributed by atoms with E-state index in [1.165, 1.54) is 11.3 Å². The molecule has 0 fully saturated rings. The van der Waals surface area contributed by atoms with E-state index in [0.717, 1.165) is 11.3 Å². The van der Waals surface area contributed by atoms with Crippen molar-refractivity contribution in [3.8, 4) is 16.3 Å². The van der Waals surface area contributed by atoms with Crippen LogP contribution in [0.1, 0.15) is 36.1 Å². The second kappa shape index (κ2) is 6.72. The molecular formula is C16H19NO3S. The molecule has 0 aliphatic heterocycles. The first-order chi connectivity index (χ1) is 10.0. The Kier molecular flexibility index (Phi) is 4.96. The van der Waals surface area contributed by atoms with Crippen molar-refractivity contribution in [3.63, 3.8) is 0 Å². The van der Waals surface area contributed by atoms with Gasteiger partial charge in [-0.3, -0.25) is 0 Å². The van der Waals surface area contributed by atoms with Crippen LogP contribution in [0.5, 0.6) is 5.75 Å². The van der Waals surface area contributed by atoms with E-state index in [0.29, 0.717) is 34.5 Å². The number of ether oxygens (including phenoxy) is 1. The molecule has 112 valence electrons. The Morgan fingerprint density at radius 2 is 2.10 bits per heavy atom. The Bertz CT molecular complexity index is 634. The van der Waals surface area contributed by atoms with Gasteiger partial charge in [-0.05, 0) is 31.4 Å². The fraction of sp³-hybridized carbons (Fsp3) is 0.375. The Morgan fingerprint density at radius 3 is 2.71 bits per heavy atom. The predicted molar refractivity (Wildman–Crippen MR) is 84.2 cm³/mol. The van der Waals surface area contributed by atoms with Gasteiger partial charge in [0, 0.05) is 0 Å². The lowest BCUT2D eigenvalue weighted by molar-refractivity contribution is 0.0700. The summed E-state index contributed by atoms with van der Waals surface area (Å²) in [4.78, 5) is 16.3. The maximum atomic E-state index is 11.4. The van der Waals surface area contributed by atoms with Crippen LogP contribution in [0.25, 0.3) is 10.6 Å². The van der Waals surface area contributed by atoms with Gasteiger partial charge in [0.1, 0.15) is 15.6 Å². The number of para-hydroxylation sites is 1. The molecule has 1 N–H and O–H groups in total. The molecule has 5 heteroatoms. The number of rotatable bonds is 6. The first-order valence-corrected chi connectivity index (χ1v) is 7.79. The fourth-order valence-corrected chi connectivity index (χ4v) is 3.05. The topological polar surface area (TPSA) is 59.4 Å². The number of aromatic carboxylic acids is 1. The molecule has 0 radical (unpaired) electrons. The molecule has 0 amide bonds. The third-order valence-electron chi connectivity index (χ3n) is 2.91. The maximum Gasteiger partial charge on any atom is 0.347 e. The highest BCUT2D eigenvalue weighted by molar-refractivity contribution is 7.17. The molecule has 0 spiro atoms. The van der Waals surface area contributed by atoms with E-state index in [1.54, 1.807) is 0 Å². The highest BCUT2D eigenvalue weighted by Crippen LogP contribution is 2.35. The quantitative estimate of drug-likeness (QED) is 0.872.